The third kappa shape index (κ3) is 3.57. The molecule has 2 aliphatic rings. The third-order valence-corrected chi connectivity index (χ3v) is 7.07. The molecule has 2 aliphatic heterocycles. The second kappa shape index (κ2) is 8.35. The van der Waals surface area contributed by atoms with E-state index in [1.54, 1.807) is 31.8 Å². The summed E-state index contributed by atoms with van der Waals surface area (Å²) in [5.74, 6) is 0.477. The van der Waals surface area contributed by atoms with Gasteiger partial charge in [0.05, 0.1) is 44.1 Å². The van der Waals surface area contributed by atoms with Gasteiger partial charge in [-0.15, -0.1) is 0 Å². The number of ether oxygens (including phenoxy) is 3. The smallest absolute Gasteiger partial charge is 0.314 e. The fraction of sp³-hybridized carbons (Fsp3) is 0.423. The summed E-state index contributed by atoms with van der Waals surface area (Å²) in [5.41, 5.74) is 2.49. The number of fused-ring (bicyclic) bond motifs is 5. The van der Waals surface area contributed by atoms with Gasteiger partial charge >= 0.3 is 5.97 Å². The number of hydrogen-bond donors (Lipinski definition) is 1. The van der Waals surface area contributed by atoms with E-state index in [-0.39, 0.29) is 18.6 Å². The molecule has 0 saturated heterocycles. The number of benzene rings is 1. The zero-order valence-corrected chi connectivity index (χ0v) is 20.6. The predicted octanol–water partition coefficient (Wildman–Crippen LogP) is 2.45. The van der Waals surface area contributed by atoms with Gasteiger partial charge in [0.15, 0.2) is 11.5 Å². The number of carbonyl (C=O) groups is 1. The lowest BCUT2D eigenvalue weighted by molar-refractivity contribution is -0.143. The zero-order valence-electron chi connectivity index (χ0n) is 20.6. The van der Waals surface area contributed by atoms with Gasteiger partial charge in [-0.2, -0.15) is 0 Å². The first-order valence-electron chi connectivity index (χ1n) is 11.6. The van der Waals surface area contributed by atoms with Crippen molar-refractivity contribution in [2.45, 2.75) is 38.3 Å². The van der Waals surface area contributed by atoms with Crippen molar-refractivity contribution < 1.29 is 24.1 Å². The van der Waals surface area contributed by atoms with E-state index in [0.717, 1.165) is 35.0 Å². The van der Waals surface area contributed by atoms with Crippen LogP contribution in [0.25, 0.3) is 22.3 Å². The highest BCUT2D eigenvalue weighted by Gasteiger charge is 2.42. The molecule has 0 spiro atoms. The first-order chi connectivity index (χ1) is 16.7. The van der Waals surface area contributed by atoms with Crippen LogP contribution < -0.4 is 19.8 Å². The number of hydrogen-bond acceptors (Lipinski definition) is 8. The Hall–Kier alpha value is -3.43. The van der Waals surface area contributed by atoms with E-state index in [4.69, 9.17) is 19.2 Å². The summed E-state index contributed by atoms with van der Waals surface area (Å²) < 4.78 is 18.0. The summed E-state index contributed by atoms with van der Waals surface area (Å²) in [6, 6.07) is 5.53. The fourth-order valence-corrected chi connectivity index (χ4v) is 5.08. The Labute approximate surface area is 202 Å². The average molecular weight is 480 g/mol. The second-order valence-electron chi connectivity index (χ2n) is 9.39. The molecule has 5 rings (SSSR count). The lowest BCUT2D eigenvalue weighted by Gasteiger charge is -2.32. The van der Waals surface area contributed by atoms with E-state index < -0.39 is 17.1 Å². The number of likely N-dealkylation sites (N-methyl/N-ethyl adjacent to an activating group) is 1. The van der Waals surface area contributed by atoms with Crippen molar-refractivity contribution in [3.05, 3.63) is 45.2 Å². The lowest BCUT2D eigenvalue weighted by atomic mass is 9.85. The molecule has 9 nitrogen and oxygen atoms in total. The number of esters is 1. The Balaban J connectivity index is 1.80. The summed E-state index contributed by atoms with van der Waals surface area (Å²) in [7, 11) is 7.21. The van der Waals surface area contributed by atoms with Crippen molar-refractivity contribution in [3.8, 4) is 28.6 Å². The van der Waals surface area contributed by atoms with E-state index in [9.17, 15) is 14.7 Å². The molecule has 0 bridgehead atoms. The molecular weight excluding hydrogens is 450 g/mol. The normalized spacial score (nSPS) is 18.3. The minimum Gasteiger partial charge on any atom is -0.493 e. The van der Waals surface area contributed by atoms with E-state index in [0.29, 0.717) is 35.0 Å². The van der Waals surface area contributed by atoms with Crippen LogP contribution in [0.5, 0.6) is 17.2 Å². The Morgan fingerprint density at radius 2 is 1.89 bits per heavy atom. The van der Waals surface area contributed by atoms with Crippen molar-refractivity contribution in [1.82, 2.24) is 14.5 Å². The summed E-state index contributed by atoms with van der Waals surface area (Å²) in [6.07, 6.45) is 0.823. The van der Waals surface area contributed by atoms with Crippen LogP contribution in [-0.2, 0) is 23.4 Å². The summed E-state index contributed by atoms with van der Waals surface area (Å²) in [6.45, 7) is 2.89. The largest absolute Gasteiger partial charge is 0.493 e. The third-order valence-electron chi connectivity index (χ3n) is 7.07. The minimum absolute atomic E-state index is 0.0927. The molecule has 1 atom stereocenters. The van der Waals surface area contributed by atoms with Crippen LogP contribution >= 0.6 is 0 Å². The molecular formula is C26H29N3O6. The first kappa shape index (κ1) is 23.3. The van der Waals surface area contributed by atoms with Gasteiger partial charge in [0.25, 0.3) is 5.56 Å². The minimum atomic E-state index is -1.46. The molecule has 0 fully saturated rings. The number of carbonyl (C=O) groups excluding carboxylic acids is 1. The quantitative estimate of drug-likeness (QED) is 0.421. The molecule has 4 heterocycles. The summed E-state index contributed by atoms with van der Waals surface area (Å²) in [5, 5.41) is 12.1. The molecule has 0 saturated carbocycles. The molecule has 0 radical (unpaired) electrons. The Bertz CT molecular complexity index is 1430. The standard InChI is InChI=1S/C26H29N3O6/c1-6-26(32)12-22(30)35-24-17(26)10-19-23-16(13-29(19)25(24)31)14(7-8-28(2)3)15-9-20(33-4)21(34-5)11-18(15)27-23/h9-11,32H,6-8,12-13H2,1-5H3/t26-/m1/s1. The maximum absolute atomic E-state index is 13.5. The maximum atomic E-state index is 13.5. The van der Waals surface area contributed by atoms with Crippen LogP contribution in [0.1, 0.15) is 36.5 Å². The van der Waals surface area contributed by atoms with E-state index in [1.165, 1.54) is 0 Å². The molecule has 0 aliphatic carbocycles. The van der Waals surface area contributed by atoms with Gasteiger partial charge in [0.2, 0.25) is 5.75 Å². The number of aromatic nitrogens is 2. The van der Waals surface area contributed by atoms with Gasteiger partial charge in [0, 0.05) is 29.1 Å². The molecule has 35 heavy (non-hydrogen) atoms. The highest BCUT2D eigenvalue weighted by Crippen LogP contribution is 2.44. The van der Waals surface area contributed by atoms with Gasteiger partial charge in [-0.3, -0.25) is 14.2 Å². The van der Waals surface area contributed by atoms with Crippen LogP contribution in [0.15, 0.2) is 23.0 Å². The van der Waals surface area contributed by atoms with Crippen LogP contribution in [0.3, 0.4) is 0 Å². The molecule has 1 aromatic carbocycles. The molecule has 3 aromatic rings. The van der Waals surface area contributed by atoms with Crippen LogP contribution in [0, 0.1) is 0 Å². The topological polar surface area (TPSA) is 103 Å². The highest BCUT2D eigenvalue weighted by molar-refractivity contribution is 5.91. The average Bonchev–Trinajstić information content (AvgIpc) is 3.20. The van der Waals surface area contributed by atoms with Gasteiger partial charge in [-0.05, 0) is 44.6 Å². The van der Waals surface area contributed by atoms with Crippen LogP contribution in [0.4, 0.5) is 0 Å². The monoisotopic (exact) mass is 479 g/mol. The van der Waals surface area contributed by atoms with Gasteiger partial charge in [-0.25, -0.2) is 4.98 Å². The van der Waals surface area contributed by atoms with Gasteiger partial charge < -0.3 is 24.2 Å². The zero-order chi connectivity index (χ0) is 25.1. The molecule has 1 N–H and O–H groups in total. The predicted molar refractivity (Wildman–Crippen MR) is 130 cm³/mol. The molecule has 9 heteroatoms. The van der Waals surface area contributed by atoms with Crippen molar-refractivity contribution >= 4 is 16.9 Å². The first-order valence-corrected chi connectivity index (χ1v) is 11.6. The fourth-order valence-electron chi connectivity index (χ4n) is 5.08. The van der Waals surface area contributed by atoms with Crippen molar-refractivity contribution in [1.29, 1.82) is 0 Å². The van der Waals surface area contributed by atoms with Gasteiger partial charge in [0.1, 0.15) is 5.60 Å². The van der Waals surface area contributed by atoms with E-state index in [2.05, 4.69) is 4.90 Å². The Morgan fingerprint density at radius 3 is 2.54 bits per heavy atom. The number of rotatable bonds is 6. The van der Waals surface area contributed by atoms with Crippen molar-refractivity contribution in [3.63, 3.8) is 0 Å². The molecule has 2 aromatic heterocycles. The number of methoxy groups -OCH3 is 2. The molecule has 0 unspecified atom stereocenters. The lowest BCUT2D eigenvalue weighted by Crippen LogP contribution is -2.39. The van der Waals surface area contributed by atoms with Crippen LogP contribution in [-0.4, -0.2) is 60.4 Å². The molecule has 0 amide bonds. The number of pyridine rings is 2. The SMILES string of the molecule is CC[C@@]1(O)CC(=O)Oc2c1cc1n(c2=O)Cc2c-1nc1cc(OC)c(OC)cc1c2CCN(C)C. The molecule has 184 valence electrons. The van der Waals surface area contributed by atoms with Crippen molar-refractivity contribution in [2.75, 3.05) is 34.9 Å². The van der Waals surface area contributed by atoms with Crippen molar-refractivity contribution in [2.24, 2.45) is 0 Å². The Kier molecular flexibility index (Phi) is 5.56. The maximum Gasteiger partial charge on any atom is 0.314 e. The second-order valence-corrected chi connectivity index (χ2v) is 9.39. The summed E-state index contributed by atoms with van der Waals surface area (Å²) >= 11 is 0. The van der Waals surface area contributed by atoms with Crippen LogP contribution in [0.2, 0.25) is 0 Å². The number of nitrogens with zero attached hydrogens (tertiary/aromatic N) is 3. The highest BCUT2D eigenvalue weighted by atomic mass is 16.5. The van der Waals surface area contributed by atoms with E-state index >= 15 is 0 Å². The number of aliphatic hydroxyl groups is 1. The van der Waals surface area contributed by atoms with Gasteiger partial charge in [-0.1, -0.05) is 6.92 Å². The summed E-state index contributed by atoms with van der Waals surface area (Å²) in [4.78, 5) is 32.7. The van der Waals surface area contributed by atoms with E-state index in [1.807, 2.05) is 26.2 Å². The Morgan fingerprint density at radius 1 is 1.17 bits per heavy atom.